The van der Waals surface area contributed by atoms with E-state index in [1.54, 1.807) is 24.3 Å². The second kappa shape index (κ2) is 13.9. The average Bonchev–Trinajstić information content (AvgIpc) is 3.13. The van der Waals surface area contributed by atoms with E-state index in [4.69, 9.17) is 5.41 Å². The molecule has 7 heteroatoms. The topological polar surface area (TPSA) is 96.7 Å². The number of para-hydroxylation sites is 1. The number of hydrogen-bond acceptors (Lipinski definition) is 5. The molecule has 0 radical (unpaired) electrons. The van der Waals surface area contributed by atoms with Crippen LogP contribution >= 0.6 is 0 Å². The lowest BCUT2D eigenvalue weighted by Crippen LogP contribution is -2.27. The maximum absolute atomic E-state index is 14.2. The summed E-state index contributed by atoms with van der Waals surface area (Å²) in [6.45, 7) is 5.92. The van der Waals surface area contributed by atoms with Gasteiger partial charge >= 0.3 is 5.97 Å². The van der Waals surface area contributed by atoms with E-state index in [2.05, 4.69) is 102 Å². The third-order valence-electron chi connectivity index (χ3n) is 9.64. The standard InChI is InChI=1S/C43H40N4O3/c1-28-12-18-35(19-13-28)46-24-6-8-30-26-32(16-22-37(30)46)39(40(41(44)43(49)50)42(48)45-34-10-4-3-5-11-34)33-17-23-38-31(27-33)9-7-25-47(38)36-20-14-29(2)15-21-36/h3-5,10-23,26-27,44H,6-9,24-25H2,1-2H3,(H,45,48)(H,49,50). The zero-order valence-corrected chi connectivity index (χ0v) is 28.4. The molecule has 5 aromatic carbocycles. The number of aryl methyl sites for hydroxylation is 4. The van der Waals surface area contributed by atoms with Crippen molar-refractivity contribution in [2.45, 2.75) is 39.5 Å². The molecule has 2 aliphatic rings. The fourth-order valence-corrected chi connectivity index (χ4v) is 7.12. The molecule has 0 bridgehead atoms. The number of anilines is 5. The number of nitrogens with zero attached hydrogens (tertiary/aromatic N) is 2. The Morgan fingerprint density at radius 3 is 1.60 bits per heavy atom. The van der Waals surface area contributed by atoms with Crippen LogP contribution in [0.2, 0.25) is 0 Å². The van der Waals surface area contributed by atoms with Crippen molar-refractivity contribution >= 4 is 51.6 Å². The van der Waals surface area contributed by atoms with Crippen LogP contribution < -0.4 is 15.1 Å². The summed E-state index contributed by atoms with van der Waals surface area (Å²) in [7, 11) is 0. The molecule has 250 valence electrons. The Morgan fingerprint density at radius 1 is 0.660 bits per heavy atom. The summed E-state index contributed by atoms with van der Waals surface area (Å²) < 4.78 is 0. The number of benzene rings is 5. The first-order valence-electron chi connectivity index (χ1n) is 17.1. The van der Waals surface area contributed by atoms with E-state index in [-0.39, 0.29) is 5.57 Å². The Labute approximate surface area is 293 Å². The minimum atomic E-state index is -1.47. The number of nitrogens with one attached hydrogen (secondary N) is 2. The van der Waals surface area contributed by atoms with Crippen LogP contribution in [0.15, 0.2) is 121 Å². The number of amides is 1. The number of fused-ring (bicyclic) bond motifs is 2. The van der Waals surface area contributed by atoms with Crippen LogP contribution in [0, 0.1) is 19.3 Å². The lowest BCUT2D eigenvalue weighted by Gasteiger charge is -2.33. The second-order valence-corrected chi connectivity index (χ2v) is 13.1. The summed E-state index contributed by atoms with van der Waals surface area (Å²) in [5, 5.41) is 21.9. The molecule has 3 N–H and O–H groups in total. The minimum Gasteiger partial charge on any atom is -0.477 e. The van der Waals surface area contributed by atoms with E-state index in [9.17, 15) is 14.7 Å². The highest BCUT2D eigenvalue weighted by atomic mass is 16.4. The molecule has 0 aromatic heterocycles. The first-order chi connectivity index (χ1) is 24.3. The molecule has 0 atom stereocenters. The summed E-state index contributed by atoms with van der Waals surface area (Å²) in [6, 6.07) is 38.2. The van der Waals surface area contributed by atoms with Crippen molar-refractivity contribution in [3.05, 3.63) is 154 Å². The maximum atomic E-state index is 14.2. The van der Waals surface area contributed by atoms with Crippen LogP contribution in [-0.2, 0) is 22.4 Å². The molecule has 0 spiro atoms. The van der Waals surface area contributed by atoms with Gasteiger partial charge in [0.2, 0.25) is 0 Å². The van der Waals surface area contributed by atoms with E-state index >= 15 is 0 Å². The smallest absolute Gasteiger partial charge is 0.354 e. The minimum absolute atomic E-state index is 0.182. The molecule has 0 aliphatic carbocycles. The lowest BCUT2D eigenvalue weighted by molar-refractivity contribution is -0.129. The second-order valence-electron chi connectivity index (χ2n) is 13.1. The molecule has 50 heavy (non-hydrogen) atoms. The highest BCUT2D eigenvalue weighted by molar-refractivity contribution is 6.51. The van der Waals surface area contributed by atoms with Gasteiger partial charge in [-0.3, -0.25) is 10.2 Å². The summed E-state index contributed by atoms with van der Waals surface area (Å²) in [6.07, 6.45) is 3.58. The Kier molecular flexibility index (Phi) is 9.05. The molecule has 0 fully saturated rings. The van der Waals surface area contributed by atoms with Gasteiger partial charge in [-0.25, -0.2) is 4.79 Å². The van der Waals surface area contributed by atoms with E-state index in [0.717, 1.165) is 72.6 Å². The normalized spacial score (nSPS) is 13.6. The van der Waals surface area contributed by atoms with Crippen LogP contribution in [0.25, 0.3) is 5.57 Å². The molecule has 0 unspecified atom stereocenters. The van der Waals surface area contributed by atoms with Gasteiger partial charge in [0.15, 0.2) is 5.71 Å². The fourth-order valence-electron chi connectivity index (χ4n) is 7.12. The monoisotopic (exact) mass is 660 g/mol. The predicted molar refractivity (Wildman–Crippen MR) is 202 cm³/mol. The number of carbonyl (C=O) groups excluding carboxylic acids is 1. The van der Waals surface area contributed by atoms with Crippen molar-refractivity contribution in [1.82, 2.24) is 0 Å². The van der Waals surface area contributed by atoms with Crippen molar-refractivity contribution in [2.24, 2.45) is 0 Å². The van der Waals surface area contributed by atoms with Crippen LogP contribution in [0.4, 0.5) is 28.4 Å². The van der Waals surface area contributed by atoms with Gasteiger partial charge in [-0.1, -0.05) is 65.7 Å². The molecule has 1 amide bonds. The summed E-state index contributed by atoms with van der Waals surface area (Å²) >= 11 is 0. The van der Waals surface area contributed by atoms with Crippen molar-refractivity contribution in [3.8, 4) is 0 Å². The summed E-state index contributed by atoms with van der Waals surface area (Å²) in [4.78, 5) is 31.3. The van der Waals surface area contributed by atoms with Crippen LogP contribution in [0.3, 0.4) is 0 Å². The number of hydrogen-bond donors (Lipinski definition) is 3. The number of aliphatic carboxylic acids is 1. The molecule has 5 aromatic rings. The Morgan fingerprint density at radius 2 is 1.14 bits per heavy atom. The third kappa shape index (κ3) is 6.54. The van der Waals surface area contributed by atoms with E-state index in [1.807, 2.05) is 18.2 Å². The summed E-state index contributed by atoms with van der Waals surface area (Å²) in [5.74, 6) is -2.11. The largest absolute Gasteiger partial charge is 0.477 e. The van der Waals surface area contributed by atoms with Gasteiger partial charge in [-0.05, 0) is 122 Å². The van der Waals surface area contributed by atoms with E-state index < -0.39 is 17.6 Å². The van der Waals surface area contributed by atoms with Crippen molar-refractivity contribution < 1.29 is 14.7 Å². The van der Waals surface area contributed by atoms with Crippen molar-refractivity contribution in [2.75, 3.05) is 28.2 Å². The molecular formula is C43H40N4O3. The third-order valence-corrected chi connectivity index (χ3v) is 9.64. The van der Waals surface area contributed by atoms with Gasteiger partial charge in [0.1, 0.15) is 0 Å². The maximum Gasteiger partial charge on any atom is 0.354 e. The van der Waals surface area contributed by atoms with Gasteiger partial charge in [-0.15, -0.1) is 0 Å². The van der Waals surface area contributed by atoms with Gasteiger partial charge in [0.25, 0.3) is 5.91 Å². The highest BCUT2D eigenvalue weighted by Crippen LogP contribution is 2.40. The van der Waals surface area contributed by atoms with Crippen LogP contribution in [-0.4, -0.2) is 35.8 Å². The molecular weight excluding hydrogens is 620 g/mol. The van der Waals surface area contributed by atoms with Crippen molar-refractivity contribution in [1.29, 1.82) is 5.41 Å². The summed E-state index contributed by atoms with van der Waals surface area (Å²) in [5.41, 5.74) is 10.4. The van der Waals surface area contributed by atoms with Gasteiger partial charge < -0.3 is 20.2 Å². The molecule has 2 aliphatic heterocycles. The first-order valence-corrected chi connectivity index (χ1v) is 17.1. The van der Waals surface area contributed by atoms with Gasteiger partial charge in [0.05, 0.1) is 5.57 Å². The zero-order chi connectivity index (χ0) is 34.8. The molecule has 0 saturated carbocycles. The van der Waals surface area contributed by atoms with E-state index in [1.165, 1.54) is 11.1 Å². The lowest BCUT2D eigenvalue weighted by atomic mass is 9.86. The average molecular weight is 661 g/mol. The molecule has 7 rings (SSSR count). The quantitative estimate of drug-likeness (QED) is 0.114. The number of carboxylic acid groups (broad SMARTS) is 1. The van der Waals surface area contributed by atoms with E-state index in [0.29, 0.717) is 22.4 Å². The van der Waals surface area contributed by atoms with Crippen LogP contribution in [0.5, 0.6) is 0 Å². The number of carboxylic acids is 1. The Hall–Kier alpha value is -5.95. The fraction of sp³-hybridized carbons (Fsp3) is 0.186. The molecule has 2 heterocycles. The molecule has 0 saturated heterocycles. The highest BCUT2D eigenvalue weighted by Gasteiger charge is 2.29. The van der Waals surface area contributed by atoms with Crippen LogP contribution in [0.1, 0.15) is 46.2 Å². The number of rotatable bonds is 8. The van der Waals surface area contributed by atoms with Crippen molar-refractivity contribution in [3.63, 3.8) is 0 Å². The zero-order valence-electron chi connectivity index (χ0n) is 28.4. The first kappa shape index (κ1) is 32.6. The molecule has 7 nitrogen and oxygen atoms in total. The Bertz CT molecular complexity index is 2010. The number of carbonyl (C=O) groups is 2. The Balaban J connectivity index is 1.39. The van der Waals surface area contributed by atoms with Gasteiger partial charge in [0, 0.05) is 47.1 Å². The SMILES string of the molecule is Cc1ccc(N2CCCc3cc(C(=C(C(=N)C(=O)O)C(=O)Nc4ccccc4)c4ccc5c(c4)CCCN5c4ccc(C)cc4)ccc32)cc1. The van der Waals surface area contributed by atoms with Gasteiger partial charge in [-0.2, -0.15) is 0 Å². The predicted octanol–water partition coefficient (Wildman–Crippen LogP) is 9.02.